The van der Waals surface area contributed by atoms with E-state index >= 15 is 0 Å². The number of fused-ring (bicyclic) bond motifs is 1. The first-order valence-corrected chi connectivity index (χ1v) is 11.2. The van der Waals surface area contributed by atoms with Crippen molar-refractivity contribution in [3.05, 3.63) is 47.9 Å². The molecule has 1 amide bonds. The average molecular weight is 461 g/mol. The summed E-state index contributed by atoms with van der Waals surface area (Å²) in [5.41, 5.74) is 8.00. The van der Waals surface area contributed by atoms with Crippen molar-refractivity contribution in [1.29, 1.82) is 0 Å². The van der Waals surface area contributed by atoms with Gasteiger partial charge < -0.3 is 20.1 Å². The molecule has 9 nitrogen and oxygen atoms in total. The number of ether oxygens (including phenoxy) is 2. The number of benzene rings is 1. The number of nitrogen functional groups attached to an aromatic ring is 1. The number of hydrogen-bond acceptors (Lipinski definition) is 7. The molecule has 0 aliphatic carbocycles. The van der Waals surface area contributed by atoms with Crippen LogP contribution in [0.25, 0.3) is 11.0 Å². The van der Waals surface area contributed by atoms with Gasteiger partial charge in [-0.25, -0.2) is 14.6 Å². The van der Waals surface area contributed by atoms with Gasteiger partial charge in [-0.3, -0.25) is 4.79 Å². The van der Waals surface area contributed by atoms with E-state index in [4.69, 9.17) is 20.3 Å². The lowest BCUT2D eigenvalue weighted by atomic mass is 10.2. The summed E-state index contributed by atoms with van der Waals surface area (Å²) in [5, 5.41) is 5.35. The predicted octanol–water partition coefficient (Wildman–Crippen LogP) is 2.96. The van der Waals surface area contributed by atoms with Crippen LogP contribution in [0.2, 0.25) is 0 Å². The van der Waals surface area contributed by atoms with Gasteiger partial charge in [0, 0.05) is 24.7 Å². The summed E-state index contributed by atoms with van der Waals surface area (Å²) in [5.74, 6) is 7.86. The molecule has 0 bridgehead atoms. The Balaban J connectivity index is 1.66. The second-order valence-corrected chi connectivity index (χ2v) is 8.02. The van der Waals surface area contributed by atoms with Gasteiger partial charge in [-0.1, -0.05) is 25.3 Å². The zero-order valence-corrected chi connectivity index (χ0v) is 19.6. The summed E-state index contributed by atoms with van der Waals surface area (Å²) in [4.78, 5) is 22.9. The SMILES string of the molecule is CCC/C=C/C(=O)N1CC[C@H](n2nc(C#Cc3cc(OC)cc(OC)c3)c3c(N)ncnc32)C1. The number of methoxy groups -OCH3 is 2. The Morgan fingerprint density at radius 3 is 2.68 bits per heavy atom. The van der Waals surface area contributed by atoms with E-state index in [9.17, 15) is 4.79 Å². The van der Waals surface area contributed by atoms with Crippen molar-refractivity contribution in [2.24, 2.45) is 0 Å². The van der Waals surface area contributed by atoms with E-state index in [1.54, 1.807) is 26.4 Å². The minimum absolute atomic E-state index is 0.0206. The van der Waals surface area contributed by atoms with Gasteiger partial charge in [0.1, 0.15) is 29.3 Å². The summed E-state index contributed by atoms with van der Waals surface area (Å²) in [6.07, 6.45) is 7.68. The lowest BCUT2D eigenvalue weighted by Crippen LogP contribution is -2.27. The molecule has 4 rings (SSSR count). The zero-order valence-electron chi connectivity index (χ0n) is 19.6. The number of allylic oxidation sites excluding steroid dienone is 1. The normalized spacial score (nSPS) is 15.5. The Kier molecular flexibility index (Phi) is 6.97. The second-order valence-electron chi connectivity index (χ2n) is 8.02. The van der Waals surface area contributed by atoms with Crippen LogP contribution in [0.1, 0.15) is 43.5 Å². The highest BCUT2D eigenvalue weighted by Crippen LogP contribution is 2.29. The highest BCUT2D eigenvalue weighted by Gasteiger charge is 2.29. The summed E-state index contributed by atoms with van der Waals surface area (Å²) in [7, 11) is 3.18. The maximum Gasteiger partial charge on any atom is 0.246 e. The molecule has 9 heteroatoms. The number of amides is 1. The molecule has 0 radical (unpaired) electrons. The largest absolute Gasteiger partial charge is 0.497 e. The molecule has 3 aromatic rings. The van der Waals surface area contributed by atoms with Gasteiger partial charge in [-0.05, 0) is 37.0 Å². The first kappa shape index (κ1) is 23.1. The van der Waals surface area contributed by atoms with E-state index in [1.165, 1.54) is 6.33 Å². The predicted molar refractivity (Wildman–Crippen MR) is 130 cm³/mol. The van der Waals surface area contributed by atoms with E-state index < -0.39 is 0 Å². The maximum atomic E-state index is 12.5. The Hall–Kier alpha value is -4.06. The number of likely N-dealkylation sites (tertiary alicyclic amines) is 1. The van der Waals surface area contributed by atoms with Gasteiger partial charge in [0.15, 0.2) is 5.65 Å². The van der Waals surface area contributed by atoms with E-state index in [2.05, 4.69) is 28.7 Å². The van der Waals surface area contributed by atoms with Crippen molar-refractivity contribution < 1.29 is 14.3 Å². The van der Waals surface area contributed by atoms with Crippen molar-refractivity contribution in [3.63, 3.8) is 0 Å². The van der Waals surface area contributed by atoms with Crippen LogP contribution in [0.4, 0.5) is 5.82 Å². The van der Waals surface area contributed by atoms with Gasteiger partial charge in [0.2, 0.25) is 5.91 Å². The number of anilines is 1. The Labute approximate surface area is 198 Å². The number of rotatable bonds is 6. The Morgan fingerprint density at radius 2 is 1.97 bits per heavy atom. The average Bonchev–Trinajstić information content (AvgIpc) is 3.48. The highest BCUT2D eigenvalue weighted by molar-refractivity contribution is 5.91. The first-order valence-electron chi connectivity index (χ1n) is 11.2. The molecule has 0 saturated carbocycles. The number of nitrogens with two attached hydrogens (primary N) is 1. The van der Waals surface area contributed by atoms with E-state index in [0.717, 1.165) is 19.3 Å². The van der Waals surface area contributed by atoms with Crippen LogP contribution in [-0.4, -0.2) is 57.9 Å². The van der Waals surface area contributed by atoms with Gasteiger partial charge in [-0.2, -0.15) is 5.10 Å². The van der Waals surface area contributed by atoms with Crippen LogP contribution in [0.3, 0.4) is 0 Å². The number of unbranched alkanes of at least 4 members (excludes halogenated alkanes) is 1. The topological polar surface area (TPSA) is 108 Å². The fraction of sp³-hybridized carbons (Fsp3) is 0.360. The molecule has 1 atom stereocenters. The fourth-order valence-corrected chi connectivity index (χ4v) is 3.95. The van der Waals surface area contributed by atoms with Crippen LogP contribution in [-0.2, 0) is 4.79 Å². The van der Waals surface area contributed by atoms with Crippen molar-refractivity contribution in [1.82, 2.24) is 24.6 Å². The highest BCUT2D eigenvalue weighted by atomic mass is 16.5. The molecule has 1 aliphatic rings. The molecule has 34 heavy (non-hydrogen) atoms. The quantitative estimate of drug-likeness (QED) is 0.445. The van der Waals surface area contributed by atoms with Crippen molar-refractivity contribution in [2.75, 3.05) is 33.0 Å². The lowest BCUT2D eigenvalue weighted by molar-refractivity contribution is -0.125. The van der Waals surface area contributed by atoms with E-state index in [-0.39, 0.29) is 11.9 Å². The van der Waals surface area contributed by atoms with Crippen molar-refractivity contribution in [2.45, 2.75) is 32.2 Å². The standard InChI is InChI=1S/C25H28N6O3/c1-4-5-6-7-22(32)30-11-10-18(15-30)31-25-23(24(26)27-16-28-25)21(29-31)9-8-17-12-19(33-2)14-20(13-17)34-3/h6-7,12-14,16,18H,4-5,10-11,15H2,1-3H3,(H2,26,27,28)/b7-6+/t18-/m0/s1. The smallest absolute Gasteiger partial charge is 0.246 e. The van der Waals surface area contributed by atoms with Crippen LogP contribution in [0.5, 0.6) is 11.5 Å². The molecular weight excluding hydrogens is 432 g/mol. The summed E-state index contributed by atoms with van der Waals surface area (Å²) in [6, 6.07) is 5.40. The van der Waals surface area contributed by atoms with Crippen molar-refractivity contribution in [3.8, 4) is 23.3 Å². The summed E-state index contributed by atoms with van der Waals surface area (Å²) < 4.78 is 12.5. The number of aromatic nitrogens is 4. The molecule has 176 valence electrons. The van der Waals surface area contributed by atoms with Gasteiger partial charge >= 0.3 is 0 Å². The molecule has 3 heterocycles. The summed E-state index contributed by atoms with van der Waals surface area (Å²) >= 11 is 0. The Bertz CT molecular complexity index is 1260. The third-order valence-electron chi connectivity index (χ3n) is 5.73. The number of hydrogen-bond donors (Lipinski definition) is 1. The lowest BCUT2D eigenvalue weighted by Gasteiger charge is -2.15. The second kappa shape index (κ2) is 10.3. The third-order valence-corrected chi connectivity index (χ3v) is 5.73. The molecule has 1 aliphatic heterocycles. The maximum absolute atomic E-state index is 12.5. The van der Waals surface area contributed by atoms with Crippen LogP contribution in [0.15, 0.2) is 36.7 Å². The monoisotopic (exact) mass is 460 g/mol. The summed E-state index contributed by atoms with van der Waals surface area (Å²) in [6.45, 7) is 3.30. The van der Waals surface area contributed by atoms with E-state index in [1.807, 2.05) is 27.8 Å². The molecule has 0 spiro atoms. The number of carbonyl (C=O) groups is 1. The molecule has 1 fully saturated rings. The molecular formula is C25H28N6O3. The van der Waals surface area contributed by atoms with Crippen molar-refractivity contribution >= 4 is 22.8 Å². The third kappa shape index (κ3) is 4.81. The molecule has 2 aromatic heterocycles. The van der Waals surface area contributed by atoms with Crippen LogP contribution < -0.4 is 15.2 Å². The minimum atomic E-state index is -0.0206. The molecule has 2 N–H and O–H groups in total. The molecule has 0 unspecified atom stereocenters. The van der Waals surface area contributed by atoms with Crippen LogP contribution >= 0.6 is 0 Å². The Morgan fingerprint density at radius 1 is 1.21 bits per heavy atom. The molecule has 1 saturated heterocycles. The van der Waals surface area contributed by atoms with Crippen LogP contribution in [0, 0.1) is 11.8 Å². The first-order chi connectivity index (χ1) is 16.5. The number of carbonyl (C=O) groups excluding carboxylic acids is 1. The van der Waals surface area contributed by atoms with Gasteiger partial charge in [-0.15, -0.1) is 0 Å². The fourth-order valence-electron chi connectivity index (χ4n) is 3.95. The zero-order chi connectivity index (χ0) is 24.1. The van der Waals surface area contributed by atoms with Gasteiger partial charge in [0.05, 0.1) is 25.6 Å². The van der Waals surface area contributed by atoms with Gasteiger partial charge in [0.25, 0.3) is 0 Å². The number of nitrogens with zero attached hydrogens (tertiary/aromatic N) is 5. The van der Waals surface area contributed by atoms with E-state index in [0.29, 0.717) is 52.7 Å². The molecule has 1 aromatic carbocycles. The minimum Gasteiger partial charge on any atom is -0.497 e.